The maximum absolute atomic E-state index is 11.2. The lowest BCUT2D eigenvalue weighted by Gasteiger charge is -2.37. The van der Waals surface area contributed by atoms with Gasteiger partial charge in [0.05, 0.1) is 0 Å². The summed E-state index contributed by atoms with van der Waals surface area (Å²) in [4.78, 5) is 11.2. The van der Waals surface area contributed by atoms with Gasteiger partial charge in [0.2, 0.25) is 0 Å². The summed E-state index contributed by atoms with van der Waals surface area (Å²) >= 11 is 0. The van der Waals surface area contributed by atoms with E-state index in [1.165, 1.54) is 12.8 Å². The molecule has 1 nitrogen and oxygen atoms in total. The molecule has 1 aliphatic carbocycles. The third-order valence-electron chi connectivity index (χ3n) is 4.51. The van der Waals surface area contributed by atoms with Crippen LogP contribution in [0.2, 0.25) is 0 Å². The standard InChI is InChI=1S/C15H28O/c1-11(16)7-8-13-12(14(2,3)4)9-10-15(13,5)6/h12-13H,7-10H2,1-6H3/t12-,13+/m1/s1. The van der Waals surface area contributed by atoms with Crippen LogP contribution in [0.3, 0.4) is 0 Å². The van der Waals surface area contributed by atoms with Crippen LogP contribution in [0, 0.1) is 22.7 Å². The molecule has 1 aliphatic rings. The van der Waals surface area contributed by atoms with E-state index in [0.717, 1.165) is 24.7 Å². The van der Waals surface area contributed by atoms with Crippen LogP contribution in [0.1, 0.15) is 67.2 Å². The number of ketones is 1. The molecule has 0 spiro atoms. The lowest BCUT2D eigenvalue weighted by atomic mass is 9.68. The first-order valence-electron chi connectivity index (χ1n) is 6.64. The molecule has 0 aromatic heterocycles. The molecule has 0 radical (unpaired) electrons. The fourth-order valence-electron chi connectivity index (χ4n) is 3.45. The minimum atomic E-state index is 0.343. The van der Waals surface area contributed by atoms with E-state index in [-0.39, 0.29) is 0 Å². The van der Waals surface area contributed by atoms with Crippen LogP contribution in [-0.4, -0.2) is 5.78 Å². The number of rotatable bonds is 3. The molecule has 0 N–H and O–H groups in total. The maximum atomic E-state index is 11.2. The Kier molecular flexibility index (Phi) is 3.87. The van der Waals surface area contributed by atoms with Gasteiger partial charge in [-0.3, -0.25) is 0 Å². The monoisotopic (exact) mass is 224 g/mol. The minimum absolute atomic E-state index is 0.343. The van der Waals surface area contributed by atoms with Crippen molar-refractivity contribution in [1.29, 1.82) is 0 Å². The Hall–Kier alpha value is -0.330. The SMILES string of the molecule is CC(=O)CC[C@H]1[C@H](C(C)(C)C)CCC1(C)C. The zero-order valence-electron chi connectivity index (χ0n) is 11.9. The quantitative estimate of drug-likeness (QED) is 0.692. The molecule has 0 aliphatic heterocycles. The normalized spacial score (nSPS) is 29.4. The van der Waals surface area contributed by atoms with E-state index in [1.54, 1.807) is 6.92 Å². The van der Waals surface area contributed by atoms with Gasteiger partial charge in [-0.15, -0.1) is 0 Å². The summed E-state index contributed by atoms with van der Waals surface area (Å²) in [6, 6.07) is 0. The first-order chi connectivity index (χ1) is 7.14. The Labute approximate surface area is 101 Å². The number of carbonyl (C=O) groups excluding carboxylic acids is 1. The van der Waals surface area contributed by atoms with Gasteiger partial charge in [0.25, 0.3) is 0 Å². The van der Waals surface area contributed by atoms with Crippen molar-refractivity contribution < 1.29 is 4.79 Å². The van der Waals surface area contributed by atoms with Crippen LogP contribution in [0.25, 0.3) is 0 Å². The average Bonchev–Trinajstić information content (AvgIpc) is 2.36. The number of Topliss-reactive ketones (excluding diaryl/α,β-unsaturated/α-hetero) is 1. The van der Waals surface area contributed by atoms with E-state index in [0.29, 0.717) is 16.6 Å². The van der Waals surface area contributed by atoms with Gasteiger partial charge in [0.15, 0.2) is 0 Å². The Balaban J connectivity index is 2.76. The zero-order chi connectivity index (χ0) is 12.6. The lowest BCUT2D eigenvalue weighted by molar-refractivity contribution is -0.117. The molecule has 0 heterocycles. The summed E-state index contributed by atoms with van der Waals surface area (Å²) < 4.78 is 0. The van der Waals surface area contributed by atoms with Crippen molar-refractivity contribution in [3.63, 3.8) is 0 Å². The molecule has 0 amide bonds. The van der Waals surface area contributed by atoms with E-state index < -0.39 is 0 Å². The Morgan fingerprint density at radius 3 is 2.31 bits per heavy atom. The highest BCUT2D eigenvalue weighted by atomic mass is 16.1. The Bertz CT molecular complexity index is 257. The summed E-state index contributed by atoms with van der Waals surface area (Å²) in [5, 5.41) is 0. The highest BCUT2D eigenvalue weighted by molar-refractivity contribution is 5.75. The molecule has 2 atom stereocenters. The third-order valence-corrected chi connectivity index (χ3v) is 4.51. The Morgan fingerprint density at radius 1 is 1.31 bits per heavy atom. The number of hydrogen-bond donors (Lipinski definition) is 0. The molecule has 0 saturated heterocycles. The van der Waals surface area contributed by atoms with Gasteiger partial charge < -0.3 is 4.79 Å². The van der Waals surface area contributed by atoms with Crippen LogP contribution >= 0.6 is 0 Å². The highest BCUT2D eigenvalue weighted by Crippen LogP contribution is 2.54. The van der Waals surface area contributed by atoms with Crippen molar-refractivity contribution in [2.45, 2.75) is 67.2 Å². The van der Waals surface area contributed by atoms with Crippen molar-refractivity contribution >= 4 is 5.78 Å². The molecule has 0 aromatic carbocycles. The van der Waals surface area contributed by atoms with Crippen molar-refractivity contribution in [2.75, 3.05) is 0 Å². The van der Waals surface area contributed by atoms with Crippen molar-refractivity contribution in [3.05, 3.63) is 0 Å². The predicted octanol–water partition coefficient (Wildman–Crippen LogP) is 4.45. The number of carbonyl (C=O) groups is 1. The summed E-state index contributed by atoms with van der Waals surface area (Å²) in [6.07, 6.45) is 4.50. The highest BCUT2D eigenvalue weighted by Gasteiger charge is 2.45. The zero-order valence-corrected chi connectivity index (χ0v) is 11.9. The topological polar surface area (TPSA) is 17.1 Å². The van der Waals surface area contributed by atoms with Gasteiger partial charge in [-0.05, 0) is 48.9 Å². The third kappa shape index (κ3) is 3.09. The van der Waals surface area contributed by atoms with Gasteiger partial charge in [-0.1, -0.05) is 34.6 Å². The van der Waals surface area contributed by atoms with Crippen LogP contribution in [-0.2, 0) is 4.79 Å². The molecule has 0 aromatic rings. The summed E-state index contributed by atoms with van der Waals surface area (Å²) in [5.41, 5.74) is 0.808. The summed E-state index contributed by atoms with van der Waals surface area (Å²) in [7, 11) is 0. The number of hydrogen-bond acceptors (Lipinski definition) is 1. The van der Waals surface area contributed by atoms with Crippen LogP contribution in [0.4, 0.5) is 0 Å². The van der Waals surface area contributed by atoms with Gasteiger partial charge in [-0.2, -0.15) is 0 Å². The molecule has 1 fully saturated rings. The molecule has 16 heavy (non-hydrogen) atoms. The first kappa shape index (κ1) is 13.7. The van der Waals surface area contributed by atoms with Gasteiger partial charge >= 0.3 is 0 Å². The lowest BCUT2D eigenvalue weighted by Crippen LogP contribution is -2.30. The van der Waals surface area contributed by atoms with Crippen LogP contribution < -0.4 is 0 Å². The smallest absolute Gasteiger partial charge is 0.129 e. The van der Waals surface area contributed by atoms with Gasteiger partial charge in [0.1, 0.15) is 5.78 Å². The summed E-state index contributed by atoms with van der Waals surface area (Å²) in [5.74, 6) is 1.84. The summed E-state index contributed by atoms with van der Waals surface area (Å²) in [6.45, 7) is 13.5. The average molecular weight is 224 g/mol. The van der Waals surface area contributed by atoms with Crippen molar-refractivity contribution in [1.82, 2.24) is 0 Å². The second kappa shape index (κ2) is 4.50. The van der Waals surface area contributed by atoms with Gasteiger partial charge in [0, 0.05) is 6.42 Å². The Morgan fingerprint density at radius 2 is 1.88 bits per heavy atom. The molecule has 94 valence electrons. The maximum Gasteiger partial charge on any atom is 0.129 e. The molecule has 1 saturated carbocycles. The second-order valence-corrected chi connectivity index (χ2v) is 7.35. The van der Waals surface area contributed by atoms with E-state index in [4.69, 9.17) is 0 Å². The predicted molar refractivity (Wildman–Crippen MR) is 69.4 cm³/mol. The van der Waals surface area contributed by atoms with E-state index in [9.17, 15) is 4.79 Å². The fourth-order valence-corrected chi connectivity index (χ4v) is 3.45. The molecule has 1 rings (SSSR count). The fraction of sp³-hybridized carbons (Fsp3) is 0.933. The molecule has 0 bridgehead atoms. The van der Waals surface area contributed by atoms with E-state index >= 15 is 0 Å². The van der Waals surface area contributed by atoms with E-state index in [2.05, 4.69) is 34.6 Å². The van der Waals surface area contributed by atoms with Crippen LogP contribution in [0.5, 0.6) is 0 Å². The van der Waals surface area contributed by atoms with Crippen molar-refractivity contribution in [2.24, 2.45) is 22.7 Å². The van der Waals surface area contributed by atoms with Crippen molar-refractivity contribution in [3.8, 4) is 0 Å². The molecule has 0 unspecified atom stereocenters. The van der Waals surface area contributed by atoms with Crippen LogP contribution in [0.15, 0.2) is 0 Å². The molecular formula is C15H28O. The van der Waals surface area contributed by atoms with E-state index in [1.807, 2.05) is 0 Å². The largest absolute Gasteiger partial charge is 0.300 e. The molecule has 1 heteroatoms. The first-order valence-corrected chi connectivity index (χ1v) is 6.64. The second-order valence-electron chi connectivity index (χ2n) is 7.35. The van der Waals surface area contributed by atoms with Gasteiger partial charge in [-0.25, -0.2) is 0 Å². The minimum Gasteiger partial charge on any atom is -0.300 e. The molecular weight excluding hydrogens is 196 g/mol.